The smallest absolute Gasteiger partial charge is 1.00 e. The van der Waals surface area contributed by atoms with Crippen molar-refractivity contribution in [1.29, 1.82) is 0 Å². The third kappa shape index (κ3) is 4.93. The maximum atomic E-state index is 2.64. The normalized spacial score (nSPS) is 18.2. The van der Waals surface area contributed by atoms with Crippen molar-refractivity contribution in [1.82, 2.24) is 0 Å². The summed E-state index contributed by atoms with van der Waals surface area (Å²) in [5, 5.41) is 1.84. The summed E-state index contributed by atoms with van der Waals surface area (Å²) >= 11 is -1.15. The van der Waals surface area contributed by atoms with Crippen LogP contribution in [0.1, 0.15) is 70.1 Å². The molecule has 0 heterocycles. The van der Waals surface area contributed by atoms with Crippen LogP contribution in [0.25, 0.3) is 17.2 Å². The van der Waals surface area contributed by atoms with Crippen LogP contribution in [0.3, 0.4) is 0 Å². The Hall–Kier alpha value is -0.720. The molecule has 0 radical (unpaired) electrons. The maximum Gasteiger partial charge on any atom is -1.00 e. The first-order valence-corrected chi connectivity index (χ1v) is 17.8. The summed E-state index contributed by atoms with van der Waals surface area (Å²) in [6.07, 6.45) is 5.22. The monoisotopic (exact) mass is 674 g/mol. The molecule has 3 atom stereocenters. The molecule has 0 fully saturated rings. The fourth-order valence-electron chi connectivity index (χ4n) is 5.54. The fourth-order valence-corrected chi connectivity index (χ4v) is 18.0. The SMILES string of the molecule is CCC(C)P(C1=Cc2ccccc2[CH]1[Hf+2][CH]1c2ccccc2-c2ccccc21)C(C)CC.[Cl-].[Cl-]. The van der Waals surface area contributed by atoms with E-state index in [1.165, 1.54) is 29.5 Å². The molecule has 0 aromatic heterocycles. The summed E-state index contributed by atoms with van der Waals surface area (Å²) in [6.45, 7) is 9.83. The predicted molar refractivity (Wildman–Crippen MR) is 137 cm³/mol. The average molecular weight is 674 g/mol. The van der Waals surface area contributed by atoms with E-state index in [1.54, 1.807) is 16.7 Å². The minimum absolute atomic E-state index is 0. The second kappa shape index (κ2) is 12.0. The van der Waals surface area contributed by atoms with Crippen LogP contribution in [0.15, 0.2) is 78.1 Å². The van der Waals surface area contributed by atoms with Gasteiger partial charge in [-0.1, -0.05) is 0 Å². The zero-order chi connectivity index (χ0) is 22.2. The molecule has 0 bridgehead atoms. The van der Waals surface area contributed by atoms with Crippen LogP contribution in [-0.4, -0.2) is 11.3 Å². The van der Waals surface area contributed by atoms with Gasteiger partial charge in [-0.2, -0.15) is 0 Å². The van der Waals surface area contributed by atoms with Crippen molar-refractivity contribution < 1.29 is 47.7 Å². The van der Waals surface area contributed by atoms with E-state index in [0.29, 0.717) is 3.67 Å². The largest absolute Gasteiger partial charge is 1.00 e. The molecule has 34 heavy (non-hydrogen) atoms. The second-order valence-corrected chi connectivity index (χ2v) is 17.8. The quantitative estimate of drug-likeness (QED) is 0.268. The minimum Gasteiger partial charge on any atom is -1.00 e. The van der Waals surface area contributed by atoms with E-state index in [1.807, 2.05) is 5.31 Å². The fraction of sp³-hybridized carbons (Fsp3) is 0.333. The Balaban J connectivity index is 0.00000162. The van der Waals surface area contributed by atoms with Gasteiger partial charge in [0.2, 0.25) is 0 Å². The molecule has 2 aliphatic rings. The topological polar surface area (TPSA) is 0 Å². The van der Waals surface area contributed by atoms with Crippen LogP contribution in [0.5, 0.6) is 0 Å². The molecule has 0 N–H and O–H groups in total. The molecule has 0 aliphatic heterocycles. The van der Waals surface area contributed by atoms with Crippen LogP contribution in [0.2, 0.25) is 0 Å². The number of allylic oxidation sites excluding steroid dienone is 1. The van der Waals surface area contributed by atoms with Crippen molar-refractivity contribution in [2.45, 2.75) is 59.2 Å². The van der Waals surface area contributed by atoms with Crippen molar-refractivity contribution in [2.24, 2.45) is 0 Å². The Morgan fingerprint density at radius 1 is 0.676 bits per heavy atom. The first kappa shape index (κ1) is 27.9. The molecule has 176 valence electrons. The Kier molecular flexibility index (Phi) is 9.84. The Morgan fingerprint density at radius 2 is 1.15 bits per heavy atom. The molecule has 5 rings (SSSR count). The summed E-state index contributed by atoms with van der Waals surface area (Å²) in [6, 6.07) is 27.8. The maximum absolute atomic E-state index is 2.64. The molecule has 0 saturated heterocycles. The zero-order valence-electron chi connectivity index (χ0n) is 20.4. The van der Waals surface area contributed by atoms with Gasteiger partial charge in [-0.25, -0.2) is 0 Å². The predicted octanol–water partition coefficient (Wildman–Crippen LogP) is 3.02. The van der Waals surface area contributed by atoms with E-state index in [2.05, 4.69) is 107 Å². The summed E-state index contributed by atoms with van der Waals surface area (Å²) < 4.78 is 1.40. The van der Waals surface area contributed by atoms with Gasteiger partial charge in [-0.3, -0.25) is 0 Å². The van der Waals surface area contributed by atoms with Gasteiger partial charge in [-0.15, -0.1) is 0 Å². The van der Waals surface area contributed by atoms with Gasteiger partial charge in [0.15, 0.2) is 0 Å². The number of hydrogen-bond donors (Lipinski definition) is 0. The molecular weight excluding hydrogens is 641 g/mol. The van der Waals surface area contributed by atoms with Crippen molar-refractivity contribution in [2.75, 3.05) is 0 Å². The van der Waals surface area contributed by atoms with Gasteiger partial charge in [0.1, 0.15) is 0 Å². The van der Waals surface area contributed by atoms with E-state index in [9.17, 15) is 0 Å². The third-order valence-corrected chi connectivity index (χ3v) is 18.9. The van der Waals surface area contributed by atoms with Crippen molar-refractivity contribution in [3.8, 4) is 11.1 Å². The van der Waals surface area contributed by atoms with E-state index in [4.69, 9.17) is 0 Å². The van der Waals surface area contributed by atoms with Gasteiger partial charge in [0, 0.05) is 0 Å². The Labute approximate surface area is 231 Å². The van der Waals surface area contributed by atoms with E-state index < -0.39 is 22.9 Å². The standard InChI is InChI=1S/C17H24P.C13H9.2ClH.Hf/c1-5-13(3)18(14(4)6-2)17-11-15-9-7-8-10-16(15)12-17;1-3-7-12-10(5-1)9-11-6-2-4-8-13(11)12;;;/h7-14H,5-6H2,1-4H3;1-9H;2*1H;/q;;;;+2/p-2. The molecule has 0 amide bonds. The van der Waals surface area contributed by atoms with Crippen molar-refractivity contribution in [3.05, 3.63) is 100 Å². The van der Waals surface area contributed by atoms with Gasteiger partial charge in [-0.05, 0) is 0 Å². The van der Waals surface area contributed by atoms with E-state index in [-0.39, 0.29) is 32.7 Å². The van der Waals surface area contributed by atoms with Gasteiger partial charge in [0.25, 0.3) is 0 Å². The van der Waals surface area contributed by atoms with Crippen LogP contribution < -0.4 is 24.8 Å². The van der Waals surface area contributed by atoms with Gasteiger partial charge in [0.05, 0.1) is 0 Å². The summed E-state index contributed by atoms with van der Waals surface area (Å²) in [5.74, 6) is 0. The first-order chi connectivity index (χ1) is 15.6. The number of fused-ring (bicyclic) bond motifs is 4. The Bertz CT molecular complexity index is 1100. The summed E-state index contributed by atoms with van der Waals surface area (Å²) in [7, 11) is -0.115. The zero-order valence-corrected chi connectivity index (χ0v) is 26.4. The molecule has 0 spiro atoms. The molecule has 3 aromatic carbocycles. The molecular formula is C30H33Cl2HfP. The van der Waals surface area contributed by atoms with Gasteiger partial charge < -0.3 is 24.8 Å². The first-order valence-electron chi connectivity index (χ1n) is 12.2. The molecule has 0 nitrogen and oxygen atoms in total. The minimum atomic E-state index is -1.15. The third-order valence-electron chi connectivity index (χ3n) is 7.50. The van der Waals surface area contributed by atoms with Crippen LogP contribution in [0.4, 0.5) is 0 Å². The van der Waals surface area contributed by atoms with Crippen LogP contribution in [0, 0.1) is 0 Å². The average Bonchev–Trinajstić information content (AvgIpc) is 3.35. The molecule has 2 aliphatic carbocycles. The second-order valence-electron chi connectivity index (χ2n) is 9.33. The summed E-state index contributed by atoms with van der Waals surface area (Å²) in [4.78, 5) is 0. The van der Waals surface area contributed by atoms with Crippen molar-refractivity contribution in [3.63, 3.8) is 0 Å². The molecule has 3 aromatic rings. The van der Waals surface area contributed by atoms with Crippen LogP contribution >= 0.6 is 7.92 Å². The van der Waals surface area contributed by atoms with Gasteiger partial charge >= 0.3 is 208 Å². The summed E-state index contributed by atoms with van der Waals surface area (Å²) in [5.41, 5.74) is 11.0. The Morgan fingerprint density at radius 3 is 1.68 bits per heavy atom. The van der Waals surface area contributed by atoms with Crippen molar-refractivity contribution >= 4 is 14.0 Å². The number of halogens is 2. The number of rotatable bonds is 7. The van der Waals surface area contributed by atoms with Crippen LogP contribution in [-0.2, 0) is 22.9 Å². The molecule has 0 saturated carbocycles. The number of benzene rings is 3. The number of hydrogen-bond acceptors (Lipinski definition) is 0. The van der Waals surface area contributed by atoms with E-state index >= 15 is 0 Å². The molecule has 4 heteroatoms. The molecule has 3 unspecified atom stereocenters. The van der Waals surface area contributed by atoms with E-state index in [0.717, 1.165) is 15.0 Å².